The van der Waals surface area contributed by atoms with Crippen molar-refractivity contribution in [2.75, 3.05) is 0 Å². The molecule has 2 N–H and O–H groups in total. The van der Waals surface area contributed by atoms with Gasteiger partial charge in [-0.25, -0.2) is 0 Å². The van der Waals surface area contributed by atoms with Crippen LogP contribution in [0.2, 0.25) is 0 Å². The normalized spacial score (nSPS) is 27.1. The van der Waals surface area contributed by atoms with Gasteiger partial charge in [0.25, 0.3) is 0 Å². The predicted molar refractivity (Wildman–Crippen MR) is 92.6 cm³/mol. The lowest BCUT2D eigenvalue weighted by Crippen LogP contribution is -2.47. The first kappa shape index (κ1) is 16.5. The standard InChI is InChI=1S/C20H33N/c1-15(2)17-7-6-12-20(21,14-17)13-16-8-10-18(11-9-16)19(3,4)5/h8-11,15,17H,6-7,12-14,21H2,1-5H3. The van der Waals surface area contributed by atoms with E-state index >= 15 is 0 Å². The zero-order valence-electron chi connectivity index (χ0n) is 14.6. The molecule has 0 bridgehead atoms. The lowest BCUT2D eigenvalue weighted by Gasteiger charge is -2.40. The quantitative estimate of drug-likeness (QED) is 0.825. The highest BCUT2D eigenvalue weighted by Gasteiger charge is 2.34. The van der Waals surface area contributed by atoms with Gasteiger partial charge in [0, 0.05) is 5.54 Å². The second-order valence-electron chi connectivity index (χ2n) is 8.59. The molecule has 0 saturated heterocycles. The van der Waals surface area contributed by atoms with Gasteiger partial charge in [-0.15, -0.1) is 0 Å². The fourth-order valence-corrected chi connectivity index (χ4v) is 3.70. The minimum atomic E-state index is 0.0104. The highest BCUT2D eigenvalue weighted by atomic mass is 14.7. The Morgan fingerprint density at radius 3 is 2.33 bits per heavy atom. The monoisotopic (exact) mass is 287 g/mol. The lowest BCUT2D eigenvalue weighted by atomic mass is 9.70. The van der Waals surface area contributed by atoms with Crippen molar-refractivity contribution < 1.29 is 0 Å². The Labute approximate surface area is 131 Å². The molecule has 0 aromatic heterocycles. The van der Waals surface area contributed by atoms with Crippen LogP contribution in [0.1, 0.15) is 71.4 Å². The molecule has 1 aliphatic carbocycles. The summed E-state index contributed by atoms with van der Waals surface area (Å²) in [6.45, 7) is 11.5. The summed E-state index contributed by atoms with van der Waals surface area (Å²) in [6.07, 6.45) is 6.04. The van der Waals surface area contributed by atoms with E-state index in [1.165, 1.54) is 36.8 Å². The summed E-state index contributed by atoms with van der Waals surface area (Å²) >= 11 is 0. The Kier molecular flexibility index (Phi) is 4.82. The highest BCUT2D eigenvalue weighted by molar-refractivity contribution is 5.28. The van der Waals surface area contributed by atoms with E-state index < -0.39 is 0 Å². The average Bonchev–Trinajstić information content (AvgIpc) is 2.37. The average molecular weight is 287 g/mol. The molecule has 0 amide bonds. The van der Waals surface area contributed by atoms with Gasteiger partial charge in [-0.05, 0) is 47.6 Å². The summed E-state index contributed by atoms with van der Waals surface area (Å²) in [7, 11) is 0. The summed E-state index contributed by atoms with van der Waals surface area (Å²) in [4.78, 5) is 0. The second-order valence-corrected chi connectivity index (χ2v) is 8.59. The molecule has 2 unspecified atom stereocenters. The lowest BCUT2D eigenvalue weighted by molar-refractivity contribution is 0.182. The maximum atomic E-state index is 6.74. The minimum Gasteiger partial charge on any atom is -0.325 e. The summed E-state index contributed by atoms with van der Waals surface area (Å²) in [6, 6.07) is 9.13. The molecule has 0 radical (unpaired) electrons. The fraction of sp³-hybridized carbons (Fsp3) is 0.700. The zero-order valence-corrected chi connectivity index (χ0v) is 14.6. The largest absolute Gasteiger partial charge is 0.325 e. The van der Waals surface area contributed by atoms with Crippen LogP contribution in [0.3, 0.4) is 0 Å². The third kappa shape index (κ3) is 4.32. The smallest absolute Gasteiger partial charge is 0.0197 e. The molecular weight excluding hydrogens is 254 g/mol. The molecule has 1 aromatic rings. The van der Waals surface area contributed by atoms with Crippen LogP contribution in [0, 0.1) is 11.8 Å². The molecule has 2 atom stereocenters. The maximum Gasteiger partial charge on any atom is 0.0197 e. The van der Waals surface area contributed by atoms with Gasteiger partial charge in [0.1, 0.15) is 0 Å². The molecule has 1 aliphatic rings. The van der Waals surface area contributed by atoms with Crippen molar-refractivity contribution in [1.29, 1.82) is 0 Å². The van der Waals surface area contributed by atoms with E-state index in [0.717, 1.165) is 18.3 Å². The summed E-state index contributed by atoms with van der Waals surface area (Å²) in [5.74, 6) is 1.56. The molecule has 2 rings (SSSR count). The van der Waals surface area contributed by atoms with Gasteiger partial charge in [0.05, 0.1) is 0 Å². The summed E-state index contributed by atoms with van der Waals surface area (Å²) < 4.78 is 0. The third-order valence-corrected chi connectivity index (χ3v) is 5.24. The maximum absolute atomic E-state index is 6.74. The molecule has 0 aliphatic heterocycles. The molecule has 0 heterocycles. The van der Waals surface area contributed by atoms with Gasteiger partial charge >= 0.3 is 0 Å². The van der Waals surface area contributed by atoms with Crippen molar-refractivity contribution in [1.82, 2.24) is 0 Å². The van der Waals surface area contributed by atoms with E-state index in [4.69, 9.17) is 5.73 Å². The molecule has 1 aromatic carbocycles. The first-order valence-corrected chi connectivity index (χ1v) is 8.58. The summed E-state index contributed by atoms with van der Waals surface area (Å²) in [5.41, 5.74) is 9.78. The zero-order chi connectivity index (χ0) is 15.7. The van der Waals surface area contributed by atoms with Crippen LogP contribution < -0.4 is 5.73 Å². The Balaban J connectivity index is 2.06. The Morgan fingerprint density at radius 2 is 1.81 bits per heavy atom. The van der Waals surface area contributed by atoms with Gasteiger partial charge in [0.2, 0.25) is 0 Å². The molecule has 1 heteroatoms. The highest BCUT2D eigenvalue weighted by Crippen LogP contribution is 2.37. The van der Waals surface area contributed by atoms with Crippen molar-refractivity contribution in [3.05, 3.63) is 35.4 Å². The third-order valence-electron chi connectivity index (χ3n) is 5.24. The van der Waals surface area contributed by atoms with Crippen LogP contribution in [0.5, 0.6) is 0 Å². The van der Waals surface area contributed by atoms with Crippen LogP contribution in [-0.2, 0) is 11.8 Å². The number of nitrogens with two attached hydrogens (primary N) is 1. The first-order chi connectivity index (χ1) is 9.70. The van der Waals surface area contributed by atoms with Gasteiger partial charge in [-0.3, -0.25) is 0 Å². The van der Waals surface area contributed by atoms with Gasteiger partial charge in [-0.2, -0.15) is 0 Å². The van der Waals surface area contributed by atoms with Crippen LogP contribution in [-0.4, -0.2) is 5.54 Å². The number of hydrogen-bond donors (Lipinski definition) is 1. The van der Waals surface area contributed by atoms with Crippen molar-refractivity contribution in [2.24, 2.45) is 17.6 Å². The molecule has 1 nitrogen and oxygen atoms in total. The predicted octanol–water partition coefficient (Wildman–Crippen LogP) is 5.07. The van der Waals surface area contributed by atoms with E-state index in [9.17, 15) is 0 Å². The first-order valence-electron chi connectivity index (χ1n) is 8.58. The number of hydrogen-bond acceptors (Lipinski definition) is 1. The van der Waals surface area contributed by atoms with E-state index in [-0.39, 0.29) is 11.0 Å². The Morgan fingerprint density at radius 1 is 1.19 bits per heavy atom. The molecule has 0 spiro atoms. The minimum absolute atomic E-state index is 0.0104. The second kappa shape index (κ2) is 6.12. The van der Waals surface area contributed by atoms with Crippen LogP contribution in [0.25, 0.3) is 0 Å². The summed E-state index contributed by atoms with van der Waals surface area (Å²) in [5, 5.41) is 0. The number of rotatable bonds is 3. The SMILES string of the molecule is CC(C)C1CCCC(N)(Cc2ccc(C(C)(C)C)cc2)C1. The van der Waals surface area contributed by atoms with Gasteiger partial charge in [0.15, 0.2) is 0 Å². The van der Waals surface area contributed by atoms with Gasteiger partial charge in [-0.1, -0.05) is 71.7 Å². The van der Waals surface area contributed by atoms with Crippen molar-refractivity contribution in [3.8, 4) is 0 Å². The van der Waals surface area contributed by atoms with Crippen molar-refractivity contribution >= 4 is 0 Å². The topological polar surface area (TPSA) is 26.0 Å². The van der Waals surface area contributed by atoms with Crippen molar-refractivity contribution in [2.45, 2.75) is 77.7 Å². The molecule has 21 heavy (non-hydrogen) atoms. The van der Waals surface area contributed by atoms with Crippen LogP contribution in [0.4, 0.5) is 0 Å². The fourth-order valence-electron chi connectivity index (χ4n) is 3.70. The Bertz CT molecular complexity index is 452. The molecule has 1 fully saturated rings. The van der Waals surface area contributed by atoms with E-state index in [0.29, 0.717) is 0 Å². The van der Waals surface area contributed by atoms with Crippen molar-refractivity contribution in [3.63, 3.8) is 0 Å². The Hall–Kier alpha value is -0.820. The number of benzene rings is 1. The van der Waals surface area contributed by atoms with E-state index in [2.05, 4.69) is 58.9 Å². The van der Waals surface area contributed by atoms with E-state index in [1.807, 2.05) is 0 Å². The van der Waals surface area contributed by atoms with E-state index in [1.54, 1.807) is 0 Å². The molecule has 1 saturated carbocycles. The van der Waals surface area contributed by atoms with Gasteiger partial charge < -0.3 is 5.73 Å². The van der Waals surface area contributed by atoms with Crippen LogP contribution >= 0.6 is 0 Å². The molecule has 118 valence electrons. The molecular formula is C20H33N. The van der Waals surface area contributed by atoms with Crippen LogP contribution in [0.15, 0.2) is 24.3 Å².